The summed E-state index contributed by atoms with van der Waals surface area (Å²) in [4.78, 5) is 0. The molecule has 2 rings (SSSR count). The van der Waals surface area contributed by atoms with Crippen molar-refractivity contribution in [1.82, 2.24) is 9.78 Å². The topological polar surface area (TPSA) is 17.8 Å². The van der Waals surface area contributed by atoms with Crippen LogP contribution in [0.25, 0.3) is 0 Å². The number of aryl methyl sites for hydroxylation is 3. The second kappa shape index (κ2) is 5.15. The minimum absolute atomic E-state index is 0.532. The molecule has 0 bridgehead atoms. The number of hydrogen-bond donors (Lipinski definition) is 0. The van der Waals surface area contributed by atoms with Crippen molar-refractivity contribution >= 4 is 11.6 Å². The lowest BCUT2D eigenvalue weighted by Crippen LogP contribution is -2.06. The number of rotatable bonds is 3. The zero-order chi connectivity index (χ0) is 13.3. The molecule has 2 nitrogen and oxygen atoms in total. The Morgan fingerprint density at radius 1 is 1.17 bits per heavy atom. The summed E-state index contributed by atoms with van der Waals surface area (Å²) in [5, 5.41) is 4.58. The molecule has 0 saturated carbocycles. The van der Waals surface area contributed by atoms with Crippen LogP contribution in [0.4, 0.5) is 0 Å². The van der Waals surface area contributed by atoms with Gasteiger partial charge in [0.2, 0.25) is 0 Å². The molecule has 0 aliphatic rings. The minimum Gasteiger partial charge on any atom is -0.265 e. The van der Waals surface area contributed by atoms with Crippen molar-refractivity contribution in [2.24, 2.45) is 0 Å². The number of aromatic nitrogens is 2. The first-order chi connectivity index (χ1) is 8.52. The largest absolute Gasteiger partial charge is 0.265 e. The Kier molecular flexibility index (Phi) is 3.76. The Hall–Kier alpha value is -1.28. The Balaban J connectivity index is 2.37. The lowest BCUT2D eigenvalue weighted by molar-refractivity contribution is 0.655. The molecule has 0 radical (unpaired) electrons. The molecule has 0 unspecified atom stereocenters. The average Bonchev–Trinajstić information content (AvgIpc) is 2.59. The van der Waals surface area contributed by atoms with Crippen molar-refractivity contribution < 1.29 is 0 Å². The van der Waals surface area contributed by atoms with Gasteiger partial charge in [-0.1, -0.05) is 23.8 Å². The summed E-state index contributed by atoms with van der Waals surface area (Å²) in [5.74, 6) is 0.532. The molecule has 18 heavy (non-hydrogen) atoms. The highest BCUT2D eigenvalue weighted by Gasteiger charge is 2.11. The third-order valence-corrected chi connectivity index (χ3v) is 3.76. The van der Waals surface area contributed by atoms with Crippen molar-refractivity contribution in [1.29, 1.82) is 0 Å². The molecule has 0 N–H and O–H groups in total. The maximum Gasteiger partial charge on any atom is 0.0665 e. The van der Waals surface area contributed by atoms with Crippen LogP contribution >= 0.6 is 11.6 Å². The van der Waals surface area contributed by atoms with Crippen LogP contribution in [-0.4, -0.2) is 9.78 Å². The van der Waals surface area contributed by atoms with Crippen molar-refractivity contribution in [2.45, 2.75) is 40.1 Å². The van der Waals surface area contributed by atoms with Gasteiger partial charge in [-0.15, -0.1) is 11.6 Å². The van der Waals surface area contributed by atoms with Crippen molar-refractivity contribution in [3.63, 3.8) is 0 Å². The van der Waals surface area contributed by atoms with Gasteiger partial charge in [-0.05, 0) is 38.8 Å². The molecule has 0 atom stereocenters. The molecule has 2 aromatic rings. The number of alkyl halides is 1. The third-order valence-electron chi connectivity index (χ3n) is 3.49. The first kappa shape index (κ1) is 13.2. The highest BCUT2D eigenvalue weighted by Crippen LogP contribution is 2.18. The molecule has 0 aliphatic heterocycles. The second-order valence-electron chi connectivity index (χ2n) is 4.87. The van der Waals surface area contributed by atoms with E-state index in [-0.39, 0.29) is 0 Å². The monoisotopic (exact) mass is 262 g/mol. The van der Waals surface area contributed by atoms with Gasteiger partial charge in [0.15, 0.2) is 0 Å². The van der Waals surface area contributed by atoms with Gasteiger partial charge < -0.3 is 0 Å². The highest BCUT2D eigenvalue weighted by molar-refractivity contribution is 6.17. The summed E-state index contributed by atoms with van der Waals surface area (Å²) in [6, 6.07) is 6.54. The van der Waals surface area contributed by atoms with Crippen molar-refractivity contribution in [3.05, 3.63) is 51.8 Å². The maximum atomic E-state index is 5.96. The van der Waals surface area contributed by atoms with Gasteiger partial charge >= 0.3 is 0 Å². The summed E-state index contributed by atoms with van der Waals surface area (Å²) >= 11 is 5.96. The molecular formula is C15H19ClN2. The fraction of sp³-hybridized carbons (Fsp3) is 0.400. The van der Waals surface area contributed by atoms with Crippen molar-refractivity contribution in [3.8, 4) is 0 Å². The zero-order valence-corrected chi connectivity index (χ0v) is 12.2. The SMILES string of the molecule is Cc1ccc(C)c(Cn2nc(C)c(CCl)c2C)c1. The van der Waals surface area contributed by atoms with Crippen LogP contribution in [0.15, 0.2) is 18.2 Å². The van der Waals surface area contributed by atoms with E-state index in [0.717, 1.165) is 17.8 Å². The molecular weight excluding hydrogens is 244 g/mol. The van der Waals surface area contributed by atoms with Crippen LogP contribution in [-0.2, 0) is 12.4 Å². The van der Waals surface area contributed by atoms with Crippen LogP contribution in [0.3, 0.4) is 0 Å². The first-order valence-electron chi connectivity index (χ1n) is 6.18. The minimum atomic E-state index is 0.532. The van der Waals surface area contributed by atoms with Crippen LogP contribution in [0.2, 0.25) is 0 Å². The maximum absolute atomic E-state index is 5.96. The summed E-state index contributed by atoms with van der Waals surface area (Å²) < 4.78 is 2.05. The smallest absolute Gasteiger partial charge is 0.0665 e. The molecule has 1 aromatic carbocycles. The molecule has 96 valence electrons. The Morgan fingerprint density at radius 2 is 1.89 bits per heavy atom. The lowest BCUT2D eigenvalue weighted by atomic mass is 10.1. The van der Waals surface area contributed by atoms with E-state index >= 15 is 0 Å². The third kappa shape index (κ3) is 2.44. The average molecular weight is 263 g/mol. The predicted octanol–water partition coefficient (Wildman–Crippen LogP) is 3.90. The van der Waals surface area contributed by atoms with Gasteiger partial charge in [0.05, 0.1) is 18.1 Å². The van der Waals surface area contributed by atoms with E-state index in [2.05, 4.69) is 48.8 Å². The fourth-order valence-electron chi connectivity index (χ4n) is 2.21. The lowest BCUT2D eigenvalue weighted by Gasteiger charge is -2.09. The van der Waals surface area contributed by atoms with E-state index in [9.17, 15) is 0 Å². The number of nitrogens with zero attached hydrogens (tertiary/aromatic N) is 2. The van der Waals surface area contributed by atoms with Crippen LogP contribution in [0.1, 0.15) is 33.6 Å². The summed E-state index contributed by atoms with van der Waals surface area (Å²) in [7, 11) is 0. The molecule has 0 aliphatic carbocycles. The number of hydrogen-bond acceptors (Lipinski definition) is 1. The van der Waals surface area contributed by atoms with Crippen LogP contribution in [0.5, 0.6) is 0 Å². The molecule has 1 heterocycles. The Bertz CT molecular complexity index is 570. The molecule has 0 fully saturated rings. The molecule has 0 amide bonds. The predicted molar refractivity (Wildman–Crippen MR) is 76.3 cm³/mol. The van der Waals surface area contributed by atoms with Gasteiger partial charge in [-0.3, -0.25) is 4.68 Å². The van der Waals surface area contributed by atoms with Gasteiger partial charge in [-0.25, -0.2) is 0 Å². The van der Waals surface area contributed by atoms with Gasteiger partial charge in [-0.2, -0.15) is 5.10 Å². The molecule has 0 spiro atoms. The summed E-state index contributed by atoms with van der Waals surface area (Å²) in [6.07, 6.45) is 0. The standard InChI is InChI=1S/C15H19ClN2/c1-10-5-6-11(2)14(7-10)9-18-13(4)15(8-16)12(3)17-18/h5-7H,8-9H2,1-4H3. The number of benzene rings is 1. The van der Waals surface area contributed by atoms with Crippen LogP contribution in [0, 0.1) is 27.7 Å². The van der Waals surface area contributed by atoms with E-state index in [1.807, 2.05) is 6.92 Å². The van der Waals surface area contributed by atoms with E-state index in [0.29, 0.717) is 5.88 Å². The molecule has 1 aromatic heterocycles. The summed E-state index contributed by atoms with van der Waals surface area (Å²) in [6.45, 7) is 9.18. The molecule has 3 heteroatoms. The van der Waals surface area contributed by atoms with E-state index in [1.165, 1.54) is 22.4 Å². The highest BCUT2D eigenvalue weighted by atomic mass is 35.5. The number of halogens is 1. The van der Waals surface area contributed by atoms with Gasteiger partial charge in [0.25, 0.3) is 0 Å². The Labute approximate surface area is 114 Å². The first-order valence-corrected chi connectivity index (χ1v) is 6.71. The van der Waals surface area contributed by atoms with Gasteiger partial charge in [0.1, 0.15) is 0 Å². The van der Waals surface area contributed by atoms with E-state index < -0.39 is 0 Å². The quantitative estimate of drug-likeness (QED) is 0.767. The summed E-state index contributed by atoms with van der Waals surface area (Å²) in [5.41, 5.74) is 7.27. The van der Waals surface area contributed by atoms with Crippen molar-refractivity contribution in [2.75, 3.05) is 0 Å². The molecule has 0 saturated heterocycles. The Morgan fingerprint density at radius 3 is 2.50 bits per heavy atom. The fourth-order valence-corrected chi connectivity index (χ4v) is 2.60. The van der Waals surface area contributed by atoms with E-state index in [4.69, 9.17) is 11.6 Å². The zero-order valence-electron chi connectivity index (χ0n) is 11.4. The van der Waals surface area contributed by atoms with E-state index in [1.54, 1.807) is 0 Å². The van der Waals surface area contributed by atoms with Gasteiger partial charge in [0, 0.05) is 11.3 Å². The normalized spacial score (nSPS) is 10.9. The second-order valence-corrected chi connectivity index (χ2v) is 5.14. The van der Waals surface area contributed by atoms with Crippen LogP contribution < -0.4 is 0 Å².